The summed E-state index contributed by atoms with van der Waals surface area (Å²) in [5.74, 6) is 0.877. The Kier molecular flexibility index (Phi) is 3.23. The van der Waals surface area contributed by atoms with Gasteiger partial charge in [0.1, 0.15) is 0 Å². The quantitative estimate of drug-likeness (QED) is 0.839. The van der Waals surface area contributed by atoms with Crippen molar-refractivity contribution in [1.82, 2.24) is 9.80 Å². The van der Waals surface area contributed by atoms with E-state index in [1.807, 2.05) is 18.2 Å². The predicted octanol–water partition coefficient (Wildman–Crippen LogP) is 2.75. The van der Waals surface area contributed by atoms with Gasteiger partial charge in [-0.25, -0.2) is 0 Å². The van der Waals surface area contributed by atoms with Gasteiger partial charge < -0.3 is 9.80 Å². The van der Waals surface area contributed by atoms with Gasteiger partial charge in [0, 0.05) is 36.1 Å². The fourth-order valence-electron chi connectivity index (χ4n) is 4.25. The fraction of sp³-hybridized carbons (Fsp3) is 0.588. The van der Waals surface area contributed by atoms with Gasteiger partial charge >= 0.3 is 0 Å². The third-order valence-corrected chi connectivity index (χ3v) is 5.68. The second kappa shape index (κ2) is 4.99. The van der Waals surface area contributed by atoms with Crippen molar-refractivity contribution in [1.29, 1.82) is 0 Å². The minimum absolute atomic E-state index is 0.163. The molecule has 1 saturated carbocycles. The lowest BCUT2D eigenvalue weighted by Gasteiger charge is -2.39. The van der Waals surface area contributed by atoms with E-state index in [2.05, 4.69) is 22.9 Å². The van der Waals surface area contributed by atoms with E-state index < -0.39 is 0 Å². The third kappa shape index (κ3) is 2.27. The van der Waals surface area contributed by atoms with Gasteiger partial charge in [0.2, 0.25) is 5.91 Å². The fourth-order valence-corrected chi connectivity index (χ4v) is 4.53. The Hall–Kier alpha value is -1.06. The summed E-state index contributed by atoms with van der Waals surface area (Å²) in [5, 5.41) is 0.805. The van der Waals surface area contributed by atoms with Crippen molar-refractivity contribution >= 4 is 17.5 Å². The zero-order valence-corrected chi connectivity index (χ0v) is 13.1. The molecule has 3 nitrogen and oxygen atoms in total. The smallest absolute Gasteiger partial charge is 0.226 e. The molecular weight excluding hydrogens is 284 g/mol. The number of rotatable bonds is 2. The molecule has 2 bridgehead atoms. The summed E-state index contributed by atoms with van der Waals surface area (Å²) in [4.78, 5) is 17.5. The van der Waals surface area contributed by atoms with Crippen molar-refractivity contribution in [2.24, 2.45) is 5.92 Å². The van der Waals surface area contributed by atoms with Crippen LogP contribution in [0, 0.1) is 5.92 Å². The van der Waals surface area contributed by atoms with Gasteiger partial charge in [-0.2, -0.15) is 0 Å². The normalized spacial score (nSPS) is 35.0. The molecule has 1 amide bonds. The maximum absolute atomic E-state index is 12.9. The number of piperazine rings is 1. The number of nitrogens with zero attached hydrogens (tertiary/aromatic N) is 2. The zero-order chi connectivity index (χ0) is 14.6. The van der Waals surface area contributed by atoms with Gasteiger partial charge in [0.05, 0.1) is 0 Å². The lowest BCUT2D eigenvalue weighted by molar-refractivity contribution is -0.138. The number of amides is 1. The van der Waals surface area contributed by atoms with E-state index in [1.54, 1.807) is 0 Å². The van der Waals surface area contributed by atoms with Crippen LogP contribution < -0.4 is 0 Å². The Labute approximate surface area is 130 Å². The topological polar surface area (TPSA) is 23.6 Å². The minimum Gasteiger partial charge on any atom is -0.334 e. The van der Waals surface area contributed by atoms with E-state index >= 15 is 0 Å². The highest BCUT2D eigenvalue weighted by Crippen LogP contribution is 2.51. The number of hydrogen-bond donors (Lipinski definition) is 0. The van der Waals surface area contributed by atoms with E-state index in [1.165, 1.54) is 12.8 Å². The lowest BCUT2D eigenvalue weighted by atomic mass is 10.1. The lowest BCUT2D eigenvalue weighted by Crippen LogP contribution is -2.55. The molecular formula is C17H21ClN2O. The molecule has 0 N–H and O–H groups in total. The first kappa shape index (κ1) is 13.6. The highest BCUT2D eigenvalue weighted by Gasteiger charge is 2.51. The van der Waals surface area contributed by atoms with Crippen LogP contribution in [0.4, 0.5) is 0 Å². The molecule has 2 heterocycles. The van der Waals surface area contributed by atoms with Gasteiger partial charge in [-0.15, -0.1) is 0 Å². The Balaban J connectivity index is 1.49. The number of fused-ring (bicyclic) bond motifs is 2. The number of halogens is 1. The van der Waals surface area contributed by atoms with Crippen LogP contribution in [0.15, 0.2) is 24.3 Å². The Morgan fingerprint density at radius 1 is 1.19 bits per heavy atom. The highest BCUT2D eigenvalue weighted by atomic mass is 35.5. The van der Waals surface area contributed by atoms with Gasteiger partial charge in [-0.1, -0.05) is 29.8 Å². The van der Waals surface area contributed by atoms with E-state index in [0.717, 1.165) is 30.1 Å². The van der Waals surface area contributed by atoms with Crippen molar-refractivity contribution in [3.05, 3.63) is 34.9 Å². The Morgan fingerprint density at radius 2 is 1.86 bits per heavy atom. The van der Waals surface area contributed by atoms with E-state index in [-0.39, 0.29) is 5.92 Å². The summed E-state index contributed by atoms with van der Waals surface area (Å²) in [7, 11) is 2.16. The molecule has 2 aliphatic heterocycles. The summed E-state index contributed by atoms with van der Waals surface area (Å²) in [6.07, 6.45) is 3.31. The first-order valence-electron chi connectivity index (χ1n) is 7.90. The average molecular weight is 305 g/mol. The summed E-state index contributed by atoms with van der Waals surface area (Å²) in [5.41, 5.74) is 1.15. The average Bonchev–Trinajstić information content (AvgIpc) is 3.19. The maximum Gasteiger partial charge on any atom is 0.226 e. The summed E-state index contributed by atoms with van der Waals surface area (Å²) in [6, 6.07) is 8.84. The zero-order valence-electron chi connectivity index (χ0n) is 12.3. The van der Waals surface area contributed by atoms with Crippen LogP contribution in [-0.4, -0.2) is 47.9 Å². The number of carbonyl (C=O) groups is 1. The molecule has 3 aliphatic rings. The number of hydrogen-bond acceptors (Lipinski definition) is 2. The van der Waals surface area contributed by atoms with Crippen LogP contribution >= 0.6 is 11.6 Å². The van der Waals surface area contributed by atoms with E-state index in [4.69, 9.17) is 11.6 Å². The summed E-state index contributed by atoms with van der Waals surface area (Å²) < 4.78 is 0. The van der Waals surface area contributed by atoms with E-state index in [0.29, 0.717) is 23.9 Å². The molecule has 0 radical (unpaired) electrons. The van der Waals surface area contributed by atoms with Crippen LogP contribution in [0.3, 0.4) is 0 Å². The molecule has 2 unspecified atom stereocenters. The number of carbonyl (C=O) groups excluding carboxylic acids is 1. The largest absolute Gasteiger partial charge is 0.334 e. The highest BCUT2D eigenvalue weighted by molar-refractivity contribution is 6.31. The van der Waals surface area contributed by atoms with E-state index in [9.17, 15) is 4.79 Å². The second-order valence-electron chi connectivity index (χ2n) is 6.82. The molecule has 4 rings (SSSR count). The van der Waals surface area contributed by atoms with Gasteiger partial charge in [0.15, 0.2) is 0 Å². The van der Waals surface area contributed by atoms with Crippen molar-refractivity contribution in [3.63, 3.8) is 0 Å². The first-order chi connectivity index (χ1) is 10.1. The second-order valence-corrected chi connectivity index (χ2v) is 7.23. The Morgan fingerprint density at radius 3 is 2.52 bits per heavy atom. The SMILES string of the molecule is CN1CC2CCC(C1)N2C(=O)[C@@H]1C[C@H]1c1ccccc1Cl. The molecule has 1 aromatic carbocycles. The number of benzene rings is 1. The molecule has 1 aromatic rings. The van der Waals surface area contributed by atoms with Crippen LogP contribution in [0.25, 0.3) is 0 Å². The molecule has 1 aliphatic carbocycles. The van der Waals surface area contributed by atoms with Crippen LogP contribution in [0.5, 0.6) is 0 Å². The van der Waals surface area contributed by atoms with Crippen molar-refractivity contribution in [3.8, 4) is 0 Å². The number of likely N-dealkylation sites (N-methyl/N-ethyl adjacent to an activating group) is 1. The van der Waals surface area contributed by atoms with Crippen molar-refractivity contribution in [2.75, 3.05) is 20.1 Å². The number of likely N-dealkylation sites (tertiary alicyclic amines) is 1. The Bertz CT molecular complexity index is 562. The van der Waals surface area contributed by atoms with Gasteiger partial charge in [-0.05, 0) is 43.9 Å². The predicted molar refractivity (Wildman–Crippen MR) is 83.5 cm³/mol. The monoisotopic (exact) mass is 304 g/mol. The van der Waals surface area contributed by atoms with Gasteiger partial charge in [-0.3, -0.25) is 4.79 Å². The molecule has 2 saturated heterocycles. The third-order valence-electron chi connectivity index (χ3n) is 5.33. The molecule has 4 heteroatoms. The van der Waals surface area contributed by atoms with Crippen LogP contribution in [0.2, 0.25) is 5.02 Å². The standard InChI is InChI=1S/C17H21ClN2O/c1-19-9-11-6-7-12(10-19)20(11)17(21)15-8-14(15)13-4-2-3-5-16(13)18/h2-5,11-12,14-15H,6-10H2,1H3/t11?,12?,14-,15+/m0/s1. The molecule has 0 spiro atoms. The van der Waals surface area contributed by atoms with Gasteiger partial charge in [0.25, 0.3) is 0 Å². The molecule has 4 atom stereocenters. The summed E-state index contributed by atoms with van der Waals surface area (Å²) >= 11 is 6.27. The van der Waals surface area contributed by atoms with Crippen LogP contribution in [0.1, 0.15) is 30.7 Å². The molecule has 0 aromatic heterocycles. The summed E-state index contributed by atoms with van der Waals surface area (Å²) in [6.45, 7) is 2.07. The molecule has 112 valence electrons. The minimum atomic E-state index is 0.163. The first-order valence-corrected chi connectivity index (χ1v) is 8.28. The van der Waals surface area contributed by atoms with Crippen molar-refractivity contribution in [2.45, 2.75) is 37.3 Å². The maximum atomic E-state index is 12.9. The molecule has 3 fully saturated rings. The van der Waals surface area contributed by atoms with Crippen molar-refractivity contribution < 1.29 is 4.79 Å². The van der Waals surface area contributed by atoms with Crippen LogP contribution in [-0.2, 0) is 4.79 Å². The molecule has 21 heavy (non-hydrogen) atoms.